The molecule has 0 spiro atoms. The first-order valence-electron chi connectivity index (χ1n) is 9.46. The fourth-order valence-electron chi connectivity index (χ4n) is 3.34. The van der Waals surface area contributed by atoms with Gasteiger partial charge in [0.1, 0.15) is 11.6 Å². The van der Waals surface area contributed by atoms with Crippen LogP contribution in [-0.2, 0) is 4.79 Å². The van der Waals surface area contributed by atoms with E-state index in [9.17, 15) is 14.0 Å². The number of amides is 2. The Bertz CT molecular complexity index is 843. The molecule has 5 nitrogen and oxygen atoms in total. The van der Waals surface area contributed by atoms with Crippen LogP contribution in [0.15, 0.2) is 42.5 Å². The zero-order valence-electron chi connectivity index (χ0n) is 16.2. The Labute approximate surface area is 164 Å². The molecule has 0 atom stereocenters. The molecule has 1 aliphatic heterocycles. The molecular formula is C22H25FN2O3. The van der Waals surface area contributed by atoms with Crippen molar-refractivity contribution in [1.82, 2.24) is 10.2 Å². The number of rotatable bonds is 5. The van der Waals surface area contributed by atoms with Gasteiger partial charge < -0.3 is 15.0 Å². The Balaban J connectivity index is 1.44. The van der Waals surface area contributed by atoms with Crippen molar-refractivity contribution in [3.05, 3.63) is 65.0 Å². The summed E-state index contributed by atoms with van der Waals surface area (Å²) in [5.74, 6) is 0.0815. The minimum absolute atomic E-state index is 0.00173. The second kappa shape index (κ2) is 8.87. The maximum atomic E-state index is 13.0. The molecule has 0 bridgehead atoms. The fraction of sp³-hybridized carbons (Fsp3) is 0.364. The number of hydrogen-bond acceptors (Lipinski definition) is 3. The lowest BCUT2D eigenvalue weighted by Crippen LogP contribution is -2.47. The lowest BCUT2D eigenvalue weighted by atomic mass is 10.0. The molecule has 1 fully saturated rings. The molecule has 1 N–H and O–H groups in total. The third-order valence-electron chi connectivity index (χ3n) is 4.97. The molecule has 3 rings (SSSR count). The average molecular weight is 384 g/mol. The lowest BCUT2D eigenvalue weighted by Gasteiger charge is -2.32. The highest BCUT2D eigenvalue weighted by atomic mass is 19.1. The van der Waals surface area contributed by atoms with Gasteiger partial charge in [-0.2, -0.15) is 0 Å². The van der Waals surface area contributed by atoms with E-state index >= 15 is 0 Å². The number of likely N-dealkylation sites (tertiary alicyclic amines) is 1. The van der Waals surface area contributed by atoms with Gasteiger partial charge in [-0.15, -0.1) is 0 Å². The Kier molecular flexibility index (Phi) is 6.29. The lowest BCUT2D eigenvalue weighted by molar-refractivity contribution is -0.134. The molecule has 2 aromatic carbocycles. The summed E-state index contributed by atoms with van der Waals surface area (Å²) in [6.45, 7) is 5.13. The number of halogens is 1. The van der Waals surface area contributed by atoms with E-state index in [-0.39, 0.29) is 30.3 Å². The second-order valence-electron chi connectivity index (χ2n) is 7.19. The number of carbonyl (C=O) groups excluding carboxylic acids is 2. The number of carbonyl (C=O) groups is 2. The van der Waals surface area contributed by atoms with Crippen molar-refractivity contribution < 1.29 is 18.7 Å². The van der Waals surface area contributed by atoms with Gasteiger partial charge >= 0.3 is 0 Å². The molecular weight excluding hydrogens is 359 g/mol. The first kappa shape index (κ1) is 19.9. The summed E-state index contributed by atoms with van der Waals surface area (Å²) in [4.78, 5) is 26.4. The van der Waals surface area contributed by atoms with Crippen LogP contribution < -0.4 is 10.1 Å². The van der Waals surface area contributed by atoms with Gasteiger partial charge in [0.25, 0.3) is 11.8 Å². The largest absolute Gasteiger partial charge is 0.484 e. The summed E-state index contributed by atoms with van der Waals surface area (Å²) in [5, 5.41) is 2.95. The fourth-order valence-corrected chi connectivity index (χ4v) is 3.34. The Morgan fingerprint density at radius 2 is 1.79 bits per heavy atom. The van der Waals surface area contributed by atoms with Crippen LogP contribution in [0.25, 0.3) is 0 Å². The van der Waals surface area contributed by atoms with E-state index in [0.717, 1.165) is 16.9 Å². The van der Waals surface area contributed by atoms with Crippen LogP contribution >= 0.6 is 0 Å². The molecule has 6 heteroatoms. The monoisotopic (exact) mass is 384 g/mol. The van der Waals surface area contributed by atoms with E-state index in [1.807, 2.05) is 32.0 Å². The Morgan fingerprint density at radius 1 is 1.11 bits per heavy atom. The zero-order valence-corrected chi connectivity index (χ0v) is 16.2. The molecule has 2 amide bonds. The third-order valence-corrected chi connectivity index (χ3v) is 4.97. The summed E-state index contributed by atoms with van der Waals surface area (Å²) < 4.78 is 18.6. The van der Waals surface area contributed by atoms with Crippen LogP contribution in [0, 0.1) is 19.7 Å². The SMILES string of the molecule is Cc1ccc(OCC(=O)N2CCC(NC(=O)c3ccc(F)cc3)CC2)c(C)c1. The van der Waals surface area contributed by atoms with Crippen molar-refractivity contribution >= 4 is 11.8 Å². The highest BCUT2D eigenvalue weighted by molar-refractivity contribution is 5.94. The van der Waals surface area contributed by atoms with E-state index in [1.54, 1.807) is 4.90 Å². The van der Waals surface area contributed by atoms with Crippen molar-refractivity contribution in [2.75, 3.05) is 19.7 Å². The minimum Gasteiger partial charge on any atom is -0.484 e. The minimum atomic E-state index is -0.369. The number of nitrogens with one attached hydrogen (secondary N) is 1. The summed E-state index contributed by atoms with van der Waals surface area (Å²) in [5.41, 5.74) is 2.60. The molecule has 0 radical (unpaired) electrons. The van der Waals surface area contributed by atoms with Gasteiger partial charge in [0.2, 0.25) is 0 Å². The molecule has 28 heavy (non-hydrogen) atoms. The molecule has 1 aliphatic rings. The Hall–Kier alpha value is -2.89. The highest BCUT2D eigenvalue weighted by Crippen LogP contribution is 2.19. The smallest absolute Gasteiger partial charge is 0.260 e. The summed E-state index contributed by atoms with van der Waals surface area (Å²) >= 11 is 0. The molecule has 0 unspecified atom stereocenters. The summed E-state index contributed by atoms with van der Waals surface area (Å²) in [6, 6.07) is 11.3. The maximum Gasteiger partial charge on any atom is 0.260 e. The number of aryl methyl sites for hydroxylation is 2. The number of hydrogen-bond donors (Lipinski definition) is 1. The quantitative estimate of drug-likeness (QED) is 0.861. The van der Waals surface area contributed by atoms with Gasteiger partial charge in [0.15, 0.2) is 6.61 Å². The van der Waals surface area contributed by atoms with Crippen molar-refractivity contribution in [1.29, 1.82) is 0 Å². The number of nitrogens with zero attached hydrogens (tertiary/aromatic N) is 1. The predicted molar refractivity (Wildman–Crippen MR) is 105 cm³/mol. The van der Waals surface area contributed by atoms with E-state index in [2.05, 4.69) is 5.32 Å². The number of benzene rings is 2. The van der Waals surface area contributed by atoms with Crippen LogP contribution in [0.3, 0.4) is 0 Å². The van der Waals surface area contributed by atoms with Crippen molar-refractivity contribution in [2.45, 2.75) is 32.7 Å². The first-order chi connectivity index (χ1) is 13.4. The Morgan fingerprint density at radius 3 is 2.43 bits per heavy atom. The molecule has 0 aromatic heterocycles. The van der Waals surface area contributed by atoms with Gasteiger partial charge in [0.05, 0.1) is 0 Å². The van der Waals surface area contributed by atoms with Crippen LogP contribution in [0.4, 0.5) is 4.39 Å². The van der Waals surface area contributed by atoms with Gasteiger partial charge in [-0.25, -0.2) is 4.39 Å². The maximum absolute atomic E-state index is 13.0. The van der Waals surface area contributed by atoms with Gasteiger partial charge in [-0.05, 0) is 62.6 Å². The first-order valence-corrected chi connectivity index (χ1v) is 9.46. The van der Waals surface area contributed by atoms with Crippen LogP contribution in [0.2, 0.25) is 0 Å². The standard InChI is InChI=1S/C22H25FN2O3/c1-15-3-8-20(16(2)13-15)28-14-21(26)25-11-9-19(10-12-25)24-22(27)17-4-6-18(23)7-5-17/h3-8,13,19H,9-12,14H2,1-2H3,(H,24,27). The van der Waals surface area contributed by atoms with E-state index in [0.29, 0.717) is 31.5 Å². The molecule has 148 valence electrons. The van der Waals surface area contributed by atoms with Crippen molar-refractivity contribution in [3.8, 4) is 5.75 Å². The second-order valence-corrected chi connectivity index (χ2v) is 7.19. The molecule has 1 saturated heterocycles. The van der Waals surface area contributed by atoms with Crippen LogP contribution in [0.5, 0.6) is 5.75 Å². The summed E-state index contributed by atoms with van der Waals surface area (Å²) in [7, 11) is 0. The molecule has 1 heterocycles. The normalized spacial score (nSPS) is 14.6. The number of ether oxygens (including phenoxy) is 1. The third kappa shape index (κ3) is 5.09. The van der Waals surface area contributed by atoms with Crippen LogP contribution in [0.1, 0.15) is 34.3 Å². The predicted octanol–water partition coefficient (Wildman–Crippen LogP) is 3.24. The van der Waals surface area contributed by atoms with Crippen molar-refractivity contribution in [3.63, 3.8) is 0 Å². The van der Waals surface area contributed by atoms with E-state index in [4.69, 9.17) is 4.74 Å². The van der Waals surface area contributed by atoms with Gasteiger partial charge in [0, 0.05) is 24.7 Å². The van der Waals surface area contributed by atoms with Crippen molar-refractivity contribution in [2.24, 2.45) is 0 Å². The number of piperidine rings is 1. The summed E-state index contributed by atoms with van der Waals surface area (Å²) in [6.07, 6.45) is 1.37. The molecule has 0 aliphatic carbocycles. The molecule has 2 aromatic rings. The molecule has 0 saturated carbocycles. The van der Waals surface area contributed by atoms with Crippen LogP contribution in [-0.4, -0.2) is 42.5 Å². The van der Waals surface area contributed by atoms with E-state index < -0.39 is 0 Å². The van der Waals surface area contributed by atoms with Gasteiger partial charge in [-0.1, -0.05) is 17.7 Å². The average Bonchev–Trinajstić information content (AvgIpc) is 2.68. The zero-order chi connectivity index (χ0) is 20.1. The van der Waals surface area contributed by atoms with E-state index in [1.165, 1.54) is 24.3 Å². The topological polar surface area (TPSA) is 58.6 Å². The highest BCUT2D eigenvalue weighted by Gasteiger charge is 2.24. The van der Waals surface area contributed by atoms with Gasteiger partial charge in [-0.3, -0.25) is 9.59 Å².